The van der Waals surface area contributed by atoms with Gasteiger partial charge in [-0.05, 0) is 20.3 Å². The Hall–Kier alpha value is -1.12. The largest absolute Gasteiger partial charge is 0.380 e. The first-order valence-corrected chi connectivity index (χ1v) is 9.06. The molecule has 0 unspecified atom stereocenters. The summed E-state index contributed by atoms with van der Waals surface area (Å²) in [6.45, 7) is 7.12. The molecule has 7 nitrogen and oxygen atoms in total. The maximum Gasteiger partial charge on any atom is 0.275 e. The van der Waals surface area contributed by atoms with Gasteiger partial charge in [0.25, 0.3) is 15.0 Å². The molecule has 1 N–H and O–H groups in total. The summed E-state index contributed by atoms with van der Waals surface area (Å²) >= 11 is 0. The summed E-state index contributed by atoms with van der Waals surface area (Å²) in [5, 5.41) is 6.40. The van der Waals surface area contributed by atoms with Gasteiger partial charge in [-0.25, -0.2) is 8.42 Å². The van der Waals surface area contributed by atoms with Crippen molar-refractivity contribution in [3.8, 4) is 0 Å². The standard InChI is InChI=1S/C12H20ClN3O4S/c1-4-9-11(21(13,18)19)10(15-14-9)12(17)16(5-2)7-8-20-6-3/h4-8H2,1-3H3,(H,14,15). The highest BCUT2D eigenvalue weighted by molar-refractivity contribution is 8.13. The Labute approximate surface area is 129 Å². The monoisotopic (exact) mass is 337 g/mol. The van der Waals surface area contributed by atoms with Gasteiger partial charge >= 0.3 is 0 Å². The Bertz CT molecular complexity index is 585. The van der Waals surface area contributed by atoms with Gasteiger partial charge in [-0.2, -0.15) is 5.10 Å². The average Bonchev–Trinajstić information content (AvgIpc) is 2.87. The van der Waals surface area contributed by atoms with E-state index in [4.69, 9.17) is 15.4 Å². The molecule has 0 aliphatic rings. The Morgan fingerprint density at radius 3 is 2.52 bits per heavy atom. The lowest BCUT2D eigenvalue weighted by atomic mass is 10.2. The third kappa shape index (κ3) is 4.42. The number of rotatable bonds is 8. The van der Waals surface area contributed by atoms with Crippen LogP contribution in [0.4, 0.5) is 0 Å². The molecule has 0 aromatic carbocycles. The molecule has 1 heterocycles. The van der Waals surface area contributed by atoms with E-state index in [1.54, 1.807) is 13.8 Å². The predicted molar refractivity (Wildman–Crippen MR) is 79.1 cm³/mol. The molecule has 21 heavy (non-hydrogen) atoms. The molecule has 0 radical (unpaired) electrons. The molecule has 0 aliphatic carbocycles. The molecule has 120 valence electrons. The van der Waals surface area contributed by atoms with Crippen LogP contribution in [0, 0.1) is 0 Å². The van der Waals surface area contributed by atoms with E-state index in [9.17, 15) is 13.2 Å². The number of carbonyl (C=O) groups is 1. The van der Waals surface area contributed by atoms with Crippen LogP contribution < -0.4 is 0 Å². The smallest absolute Gasteiger partial charge is 0.275 e. The van der Waals surface area contributed by atoms with Gasteiger partial charge in [-0.3, -0.25) is 9.89 Å². The second kappa shape index (κ2) is 7.77. The Morgan fingerprint density at radius 1 is 1.38 bits per heavy atom. The number of nitrogens with zero attached hydrogens (tertiary/aromatic N) is 2. The molecular weight excluding hydrogens is 318 g/mol. The lowest BCUT2D eigenvalue weighted by molar-refractivity contribution is 0.0660. The van der Waals surface area contributed by atoms with Gasteiger partial charge in [0.1, 0.15) is 4.90 Å². The van der Waals surface area contributed by atoms with Crippen LogP contribution in [-0.4, -0.2) is 55.7 Å². The van der Waals surface area contributed by atoms with Crippen LogP contribution in [0.5, 0.6) is 0 Å². The molecule has 0 saturated heterocycles. The van der Waals surface area contributed by atoms with Gasteiger partial charge in [0.05, 0.1) is 12.3 Å². The third-order valence-corrected chi connectivity index (χ3v) is 4.36. The summed E-state index contributed by atoms with van der Waals surface area (Å²) in [7, 11) is 1.38. The van der Waals surface area contributed by atoms with Crippen molar-refractivity contribution >= 4 is 25.6 Å². The molecule has 1 amide bonds. The Morgan fingerprint density at radius 2 is 2.05 bits per heavy atom. The number of aromatic amines is 1. The van der Waals surface area contributed by atoms with E-state index in [0.717, 1.165) is 0 Å². The van der Waals surface area contributed by atoms with E-state index in [2.05, 4.69) is 10.2 Å². The Kier molecular flexibility index (Phi) is 6.63. The number of hydrogen-bond acceptors (Lipinski definition) is 5. The lowest BCUT2D eigenvalue weighted by Gasteiger charge is -2.19. The number of H-pyrrole nitrogens is 1. The van der Waals surface area contributed by atoms with E-state index in [0.29, 0.717) is 38.4 Å². The summed E-state index contributed by atoms with van der Waals surface area (Å²) in [5.41, 5.74) is 0.161. The van der Waals surface area contributed by atoms with E-state index in [-0.39, 0.29) is 10.6 Å². The zero-order chi connectivity index (χ0) is 16.0. The van der Waals surface area contributed by atoms with Crippen LogP contribution in [0.25, 0.3) is 0 Å². The fourth-order valence-electron chi connectivity index (χ4n) is 1.89. The minimum Gasteiger partial charge on any atom is -0.380 e. The number of halogens is 1. The van der Waals surface area contributed by atoms with Gasteiger partial charge in [-0.1, -0.05) is 6.92 Å². The maximum atomic E-state index is 12.4. The van der Waals surface area contributed by atoms with Crippen molar-refractivity contribution in [3.63, 3.8) is 0 Å². The van der Waals surface area contributed by atoms with Gasteiger partial charge in [-0.15, -0.1) is 0 Å². The average molecular weight is 338 g/mol. The zero-order valence-electron chi connectivity index (χ0n) is 12.3. The van der Waals surface area contributed by atoms with Crippen molar-refractivity contribution in [2.75, 3.05) is 26.3 Å². The number of hydrogen-bond donors (Lipinski definition) is 1. The van der Waals surface area contributed by atoms with Crippen LogP contribution >= 0.6 is 10.7 Å². The fraction of sp³-hybridized carbons (Fsp3) is 0.667. The number of likely N-dealkylation sites (N-methyl/N-ethyl adjacent to an activating group) is 1. The summed E-state index contributed by atoms with van der Waals surface area (Å²) in [6.07, 6.45) is 0.382. The topological polar surface area (TPSA) is 92.4 Å². The highest BCUT2D eigenvalue weighted by Gasteiger charge is 2.30. The number of ether oxygens (including phenoxy) is 1. The highest BCUT2D eigenvalue weighted by atomic mass is 35.7. The maximum absolute atomic E-state index is 12.4. The highest BCUT2D eigenvalue weighted by Crippen LogP contribution is 2.24. The molecular formula is C12H20ClN3O4S. The quantitative estimate of drug-likeness (QED) is 0.571. The number of carbonyl (C=O) groups excluding carboxylic acids is 1. The number of amides is 1. The molecule has 1 aromatic rings. The van der Waals surface area contributed by atoms with Gasteiger partial charge in [0.2, 0.25) is 0 Å². The summed E-state index contributed by atoms with van der Waals surface area (Å²) in [6, 6.07) is 0. The van der Waals surface area contributed by atoms with Crippen molar-refractivity contribution in [2.45, 2.75) is 32.1 Å². The lowest BCUT2D eigenvalue weighted by Crippen LogP contribution is -2.34. The zero-order valence-corrected chi connectivity index (χ0v) is 13.9. The van der Waals surface area contributed by atoms with E-state index in [1.165, 1.54) is 4.90 Å². The number of nitrogens with one attached hydrogen (secondary N) is 1. The predicted octanol–water partition coefficient (Wildman–Crippen LogP) is 1.40. The first kappa shape index (κ1) is 17.9. The first-order chi connectivity index (χ1) is 9.86. The van der Waals surface area contributed by atoms with E-state index >= 15 is 0 Å². The van der Waals surface area contributed by atoms with Crippen LogP contribution in [-0.2, 0) is 20.2 Å². The van der Waals surface area contributed by atoms with Crippen LogP contribution in [0.1, 0.15) is 37.0 Å². The van der Waals surface area contributed by atoms with E-state index < -0.39 is 15.0 Å². The van der Waals surface area contributed by atoms with Gasteiger partial charge in [0, 0.05) is 30.4 Å². The second-order valence-corrected chi connectivity index (χ2v) is 6.76. The van der Waals surface area contributed by atoms with E-state index in [1.807, 2.05) is 6.92 Å². The van der Waals surface area contributed by atoms with Crippen LogP contribution in [0.2, 0.25) is 0 Å². The van der Waals surface area contributed by atoms with Crippen molar-refractivity contribution < 1.29 is 17.9 Å². The first-order valence-electron chi connectivity index (χ1n) is 6.75. The number of aryl methyl sites for hydroxylation is 1. The second-order valence-electron chi connectivity index (χ2n) is 4.25. The third-order valence-electron chi connectivity index (χ3n) is 2.97. The van der Waals surface area contributed by atoms with Crippen LogP contribution in [0.15, 0.2) is 4.90 Å². The molecule has 1 aromatic heterocycles. The summed E-state index contributed by atoms with van der Waals surface area (Å²) < 4.78 is 28.6. The number of aromatic nitrogens is 2. The molecule has 0 aliphatic heterocycles. The van der Waals surface area contributed by atoms with Crippen molar-refractivity contribution in [2.24, 2.45) is 0 Å². The molecule has 1 rings (SSSR count). The van der Waals surface area contributed by atoms with Crippen molar-refractivity contribution in [1.82, 2.24) is 15.1 Å². The van der Waals surface area contributed by atoms with Gasteiger partial charge in [0.15, 0.2) is 5.69 Å². The SMILES string of the molecule is CCOCCN(CC)C(=O)c1n[nH]c(CC)c1S(=O)(=O)Cl. The molecule has 0 spiro atoms. The summed E-state index contributed by atoms with van der Waals surface area (Å²) in [5.74, 6) is -0.479. The van der Waals surface area contributed by atoms with Crippen molar-refractivity contribution in [3.05, 3.63) is 11.4 Å². The minimum atomic E-state index is -4.05. The molecule has 9 heteroatoms. The molecule has 0 saturated carbocycles. The minimum absolute atomic E-state index is 0.166. The molecule has 0 fully saturated rings. The van der Waals surface area contributed by atoms with Crippen LogP contribution in [0.3, 0.4) is 0 Å². The normalized spacial score (nSPS) is 11.6. The molecule has 0 atom stereocenters. The summed E-state index contributed by atoms with van der Waals surface area (Å²) in [4.78, 5) is 13.7. The Balaban J connectivity index is 3.09. The fourth-order valence-corrected chi connectivity index (χ4v) is 3.23. The molecule has 0 bridgehead atoms. The van der Waals surface area contributed by atoms with Crippen molar-refractivity contribution in [1.29, 1.82) is 0 Å². The van der Waals surface area contributed by atoms with Gasteiger partial charge < -0.3 is 9.64 Å².